The first kappa shape index (κ1) is 17.6. The van der Waals surface area contributed by atoms with E-state index in [0.717, 1.165) is 23.0 Å². The highest BCUT2D eigenvalue weighted by Crippen LogP contribution is 2.30. The first-order valence-corrected chi connectivity index (χ1v) is 9.88. The lowest BCUT2D eigenvalue weighted by molar-refractivity contribution is -0.116. The van der Waals surface area contributed by atoms with Gasteiger partial charge in [0.2, 0.25) is 5.91 Å². The summed E-state index contributed by atoms with van der Waals surface area (Å²) in [6.07, 6.45) is 0.892. The Morgan fingerprint density at radius 2 is 2.00 bits per heavy atom. The molecule has 2 heterocycles. The highest BCUT2D eigenvalue weighted by atomic mass is 32.2. The molecule has 0 radical (unpaired) electrons. The number of amides is 1. The summed E-state index contributed by atoms with van der Waals surface area (Å²) in [6.45, 7) is 4.82. The van der Waals surface area contributed by atoms with Gasteiger partial charge in [-0.2, -0.15) is 5.26 Å². The Balaban J connectivity index is 1.58. The van der Waals surface area contributed by atoms with Crippen LogP contribution in [-0.2, 0) is 11.2 Å². The minimum absolute atomic E-state index is 0.0517. The predicted octanol–water partition coefficient (Wildman–Crippen LogP) is 4.40. The average molecular weight is 373 g/mol. The van der Waals surface area contributed by atoms with Gasteiger partial charge in [0, 0.05) is 17.6 Å². The fourth-order valence-electron chi connectivity index (χ4n) is 3.42. The van der Waals surface area contributed by atoms with E-state index in [4.69, 9.17) is 0 Å². The molecule has 27 heavy (non-hydrogen) atoms. The summed E-state index contributed by atoms with van der Waals surface area (Å²) >= 11 is 1.34. The van der Waals surface area contributed by atoms with Crippen LogP contribution in [0.15, 0.2) is 47.5 Å². The van der Waals surface area contributed by atoms with Gasteiger partial charge in [-0.25, -0.2) is 4.98 Å². The number of benzene rings is 2. The van der Waals surface area contributed by atoms with Crippen LogP contribution >= 0.6 is 11.8 Å². The van der Waals surface area contributed by atoms with E-state index < -0.39 is 0 Å². The molecule has 2 aromatic carbocycles. The Labute approximate surface area is 162 Å². The van der Waals surface area contributed by atoms with Crippen molar-refractivity contribution >= 4 is 34.3 Å². The maximum absolute atomic E-state index is 12.7. The summed E-state index contributed by atoms with van der Waals surface area (Å²) in [7, 11) is 0. The molecule has 0 atom stereocenters. The van der Waals surface area contributed by atoms with Crippen LogP contribution in [-0.4, -0.2) is 23.2 Å². The van der Waals surface area contributed by atoms with Crippen molar-refractivity contribution in [2.75, 3.05) is 17.2 Å². The Morgan fingerprint density at radius 1 is 1.22 bits per heavy atom. The van der Waals surface area contributed by atoms with E-state index in [1.807, 2.05) is 35.2 Å². The normalized spacial score (nSPS) is 12.9. The molecule has 0 unspecified atom stereocenters. The third-order valence-corrected chi connectivity index (χ3v) is 6.01. The number of aryl methyl sites for hydroxylation is 2. The van der Waals surface area contributed by atoms with Gasteiger partial charge in [0.15, 0.2) is 0 Å². The second-order valence-electron chi connectivity index (χ2n) is 6.79. The Hall–Kier alpha value is -2.84. The molecule has 3 aromatic rings. The SMILES string of the molecule is Cc1cc2cc(C#N)c(SCC(=O)N3CCc4ccccc43)nc2cc1C. The molecule has 0 saturated heterocycles. The van der Waals surface area contributed by atoms with Crippen molar-refractivity contribution in [1.29, 1.82) is 5.26 Å². The summed E-state index contributed by atoms with van der Waals surface area (Å²) in [4.78, 5) is 19.2. The highest BCUT2D eigenvalue weighted by molar-refractivity contribution is 8.00. The van der Waals surface area contributed by atoms with Crippen LogP contribution in [0.3, 0.4) is 0 Å². The summed E-state index contributed by atoms with van der Waals surface area (Å²) in [5, 5.41) is 11.1. The molecule has 1 aromatic heterocycles. The van der Waals surface area contributed by atoms with Crippen LogP contribution in [0.2, 0.25) is 0 Å². The largest absolute Gasteiger partial charge is 0.311 e. The van der Waals surface area contributed by atoms with Crippen molar-refractivity contribution in [1.82, 2.24) is 4.98 Å². The van der Waals surface area contributed by atoms with Gasteiger partial charge >= 0.3 is 0 Å². The lowest BCUT2D eigenvalue weighted by atomic mass is 10.1. The molecule has 0 N–H and O–H groups in total. The molecule has 1 aliphatic rings. The van der Waals surface area contributed by atoms with Crippen molar-refractivity contribution < 1.29 is 4.79 Å². The van der Waals surface area contributed by atoms with E-state index in [2.05, 4.69) is 37.0 Å². The molecule has 1 amide bonds. The first-order valence-electron chi connectivity index (χ1n) is 8.90. The number of aromatic nitrogens is 1. The second-order valence-corrected chi connectivity index (χ2v) is 7.76. The number of carbonyl (C=O) groups excluding carboxylic acids is 1. The van der Waals surface area contributed by atoms with Crippen molar-refractivity contribution in [3.63, 3.8) is 0 Å². The number of nitrogens with zero attached hydrogens (tertiary/aromatic N) is 3. The topological polar surface area (TPSA) is 57.0 Å². The summed E-state index contributed by atoms with van der Waals surface area (Å²) in [5.41, 5.74) is 5.94. The van der Waals surface area contributed by atoms with E-state index in [0.29, 0.717) is 17.1 Å². The minimum Gasteiger partial charge on any atom is -0.311 e. The zero-order chi connectivity index (χ0) is 19.0. The molecule has 0 fully saturated rings. The van der Waals surface area contributed by atoms with Gasteiger partial charge in [-0.15, -0.1) is 0 Å². The quantitative estimate of drug-likeness (QED) is 0.638. The molecule has 4 nitrogen and oxygen atoms in total. The average Bonchev–Trinajstić information content (AvgIpc) is 3.11. The van der Waals surface area contributed by atoms with Crippen LogP contribution in [0.1, 0.15) is 22.3 Å². The first-order chi connectivity index (χ1) is 13.1. The molecule has 5 heteroatoms. The fraction of sp³-hybridized carbons (Fsp3) is 0.227. The monoisotopic (exact) mass is 373 g/mol. The fourth-order valence-corrected chi connectivity index (χ4v) is 4.26. The smallest absolute Gasteiger partial charge is 0.237 e. The summed E-state index contributed by atoms with van der Waals surface area (Å²) in [5.74, 6) is 0.322. The number of hydrogen-bond acceptors (Lipinski definition) is 4. The van der Waals surface area contributed by atoms with Gasteiger partial charge in [-0.1, -0.05) is 30.0 Å². The Bertz CT molecular complexity index is 1100. The molecule has 0 spiro atoms. The number of carbonyl (C=O) groups is 1. The lowest BCUT2D eigenvalue weighted by Crippen LogP contribution is -2.30. The molecule has 134 valence electrons. The van der Waals surface area contributed by atoms with Crippen LogP contribution in [0.5, 0.6) is 0 Å². The number of fused-ring (bicyclic) bond motifs is 2. The number of thioether (sulfide) groups is 1. The number of nitriles is 1. The molecular formula is C22H19N3OS. The van der Waals surface area contributed by atoms with Crippen LogP contribution < -0.4 is 4.90 Å². The maximum atomic E-state index is 12.7. The molecule has 0 bridgehead atoms. The molecular weight excluding hydrogens is 354 g/mol. The third kappa shape index (κ3) is 3.29. The standard InChI is InChI=1S/C22H19N3OS/c1-14-9-17-11-18(12-23)22(24-19(17)10-15(14)2)27-13-21(26)25-8-7-16-5-3-4-6-20(16)25/h3-6,9-11H,7-8,13H2,1-2H3. The second kappa shape index (κ2) is 7.05. The van der Waals surface area contributed by atoms with E-state index in [1.54, 1.807) is 0 Å². The lowest BCUT2D eigenvalue weighted by Gasteiger charge is -2.17. The van der Waals surface area contributed by atoms with Crippen LogP contribution in [0, 0.1) is 25.2 Å². The molecule has 4 rings (SSSR count). The highest BCUT2D eigenvalue weighted by Gasteiger charge is 2.24. The number of anilines is 1. The van der Waals surface area contributed by atoms with E-state index in [9.17, 15) is 10.1 Å². The minimum atomic E-state index is 0.0517. The Morgan fingerprint density at radius 3 is 2.81 bits per heavy atom. The summed E-state index contributed by atoms with van der Waals surface area (Å²) in [6, 6.07) is 16.2. The number of hydrogen-bond donors (Lipinski definition) is 0. The van der Waals surface area contributed by atoms with E-state index >= 15 is 0 Å². The number of rotatable bonds is 3. The van der Waals surface area contributed by atoms with Crippen LogP contribution in [0.25, 0.3) is 10.9 Å². The number of pyridine rings is 1. The van der Waals surface area contributed by atoms with Gasteiger partial charge in [0.05, 0.1) is 16.8 Å². The van der Waals surface area contributed by atoms with Crippen LogP contribution in [0.4, 0.5) is 5.69 Å². The zero-order valence-electron chi connectivity index (χ0n) is 15.3. The van der Waals surface area contributed by atoms with Gasteiger partial charge < -0.3 is 4.90 Å². The van der Waals surface area contributed by atoms with Crippen molar-refractivity contribution in [2.24, 2.45) is 0 Å². The van der Waals surface area contributed by atoms with Crippen molar-refractivity contribution in [3.05, 3.63) is 64.7 Å². The molecule has 0 saturated carbocycles. The third-order valence-electron chi connectivity index (χ3n) is 5.04. The van der Waals surface area contributed by atoms with Gasteiger partial charge in [-0.3, -0.25) is 4.79 Å². The van der Waals surface area contributed by atoms with E-state index in [-0.39, 0.29) is 11.7 Å². The molecule has 1 aliphatic heterocycles. The molecule has 0 aliphatic carbocycles. The van der Waals surface area contributed by atoms with Gasteiger partial charge in [-0.05, 0) is 61.2 Å². The predicted molar refractivity (Wildman–Crippen MR) is 109 cm³/mol. The van der Waals surface area contributed by atoms with Crippen molar-refractivity contribution in [2.45, 2.75) is 25.3 Å². The van der Waals surface area contributed by atoms with Gasteiger partial charge in [0.25, 0.3) is 0 Å². The maximum Gasteiger partial charge on any atom is 0.237 e. The Kier molecular flexibility index (Phi) is 4.59. The zero-order valence-corrected chi connectivity index (χ0v) is 16.1. The summed E-state index contributed by atoms with van der Waals surface area (Å²) < 4.78 is 0. The van der Waals surface area contributed by atoms with Crippen molar-refractivity contribution in [3.8, 4) is 6.07 Å². The van der Waals surface area contributed by atoms with E-state index in [1.165, 1.54) is 28.5 Å². The van der Waals surface area contributed by atoms with Gasteiger partial charge in [0.1, 0.15) is 11.1 Å². The number of para-hydroxylation sites is 1.